The Morgan fingerprint density at radius 3 is 0.286 bits per heavy atom. The Hall–Kier alpha value is 3.93. The smallest absolute Gasteiger partial charge is 0.907 e. The number of hydrogen-bond donors (Lipinski definition) is 0. The molecular weight excluding hydrogens is 540 g/mol. The van der Waals surface area contributed by atoms with Crippen molar-refractivity contribution in [1.82, 2.24) is 0 Å². The predicted octanol–water partition coefficient (Wildman–Crippen LogP) is -17.3. The molecule has 0 bridgehead atoms. The van der Waals surface area contributed by atoms with Crippen LogP contribution in [0.3, 0.4) is 0 Å². The van der Waals surface area contributed by atoms with E-state index in [1.807, 2.05) is 0 Å². The van der Waals surface area contributed by atoms with Gasteiger partial charge >= 0.3 is 136 Å². The fraction of sp³-hybridized carbons (Fsp3) is 0. The summed E-state index contributed by atoms with van der Waals surface area (Å²) in [4.78, 5) is 0. The number of hydrogen-bond acceptors (Lipinski definition) is 6. The normalized spacial score (nSPS) is 2.57. The van der Waals surface area contributed by atoms with Gasteiger partial charge in [0.2, 0.25) is 0 Å². The van der Waals surface area contributed by atoms with Crippen molar-refractivity contribution >= 4 is 151 Å². The molecule has 0 spiro atoms. The molecule has 0 unspecified atom stereocenters. The van der Waals surface area contributed by atoms with Crippen LogP contribution in [0.15, 0.2) is 0 Å². The Morgan fingerprint density at radius 2 is 0.286 bits per heavy atom. The third-order valence-corrected chi connectivity index (χ3v) is 0. The molecule has 0 amide bonds. The molecule has 0 saturated heterocycles. The van der Waals surface area contributed by atoms with E-state index >= 15 is 0 Å². The maximum absolute atomic E-state index is 8.42. The summed E-state index contributed by atoms with van der Waals surface area (Å²) in [5.41, 5.74) is 0. The molecule has 16 nitrogen and oxygen atoms in total. The van der Waals surface area contributed by atoms with Gasteiger partial charge in [-0.05, 0) is 0 Å². The first kappa shape index (κ1) is 145. The largest absolute Gasteiger partial charge is 2.00 e. The van der Waals surface area contributed by atoms with Crippen molar-refractivity contribution < 1.29 is 84.9 Å². The Bertz CT molecular complexity index is 37.0. The van der Waals surface area contributed by atoms with E-state index in [0.717, 1.165) is 0 Å². The first-order valence-electron chi connectivity index (χ1n) is 1.41. The predicted molar refractivity (Wildman–Crippen MR) is 64.9 cm³/mol. The second kappa shape index (κ2) is 128. The van der Waals surface area contributed by atoms with Gasteiger partial charge in [-0.2, -0.15) is 0 Å². The van der Waals surface area contributed by atoms with Crippen LogP contribution in [0.1, 0.15) is 0 Å². The molecule has 0 aromatic heterocycles. The molecule has 128 valence electrons. The summed E-state index contributed by atoms with van der Waals surface area (Å²) in [6.45, 7) is 0. The molecule has 0 heterocycles. The van der Waals surface area contributed by atoms with Crippen LogP contribution >= 0.6 is 0 Å². The zero-order valence-corrected chi connectivity index (χ0v) is 21.2. The van der Waals surface area contributed by atoms with Crippen LogP contribution in [0, 0.1) is 0 Å². The minimum atomic E-state index is -2.92. The maximum Gasteiger partial charge on any atom is 2.00 e. The summed E-state index contributed by atoms with van der Waals surface area (Å²) >= 11 is 0. The topological polar surface area (TPSA) is 453 Å². The Labute approximate surface area is 231 Å². The quantitative estimate of drug-likeness (QED) is 0.258. The van der Waals surface area contributed by atoms with Gasteiger partial charge in [-0.25, -0.2) is 0 Å². The van der Waals surface area contributed by atoms with Gasteiger partial charge in [-0.15, -0.1) is 0 Å². The van der Waals surface area contributed by atoms with Gasteiger partial charge in [-0.1, -0.05) is 0 Å². The van der Waals surface area contributed by atoms with Crippen molar-refractivity contribution in [2.75, 3.05) is 0 Å². The molecule has 0 aliphatic rings. The van der Waals surface area contributed by atoms with Crippen molar-refractivity contribution in [3.63, 3.8) is 0 Å². The minimum Gasteiger partial charge on any atom is -0.907 e. The zero-order chi connectivity index (χ0) is 7.15. The molecule has 0 saturated carbocycles. The van der Waals surface area contributed by atoms with Gasteiger partial charge in [0.1, 0.15) is 0 Å². The first-order valence-corrected chi connectivity index (χ1v) is 1.41. The fourth-order valence-corrected chi connectivity index (χ4v) is 0. The van der Waals surface area contributed by atoms with E-state index in [1.54, 1.807) is 0 Å². The monoisotopic (exact) mass is 562 g/mol. The van der Waals surface area contributed by atoms with Crippen molar-refractivity contribution in [3.05, 3.63) is 0 Å². The Kier molecular flexibility index (Phi) is 880. The summed E-state index contributed by atoms with van der Waals surface area (Å²) in [7, 11) is -5.83. The van der Waals surface area contributed by atoms with Crippen molar-refractivity contribution in [3.8, 4) is 0 Å². The zero-order valence-electron chi connectivity index (χ0n) is 10.7. The van der Waals surface area contributed by atoms with E-state index in [1.165, 1.54) is 0 Å². The molecule has 0 fully saturated rings. The molecule has 0 aliphatic heterocycles. The Morgan fingerprint density at radius 1 is 0.286 bits per heavy atom. The molecule has 0 atom stereocenters. The summed E-state index contributed by atoms with van der Waals surface area (Å²) in [5, 5.41) is 50.5. The van der Waals surface area contributed by atoms with E-state index in [-0.39, 0.29) is 191 Å². The van der Waals surface area contributed by atoms with E-state index in [0.29, 0.717) is 0 Å². The second-order valence-electron chi connectivity index (χ2n) is 0.577. The molecule has 0 rings (SSSR count). The molecule has 0 aromatic rings. The molecule has 21 heavy (non-hydrogen) atoms. The molecule has 0 aliphatic carbocycles. The molecule has 21 heteroatoms. The van der Waals surface area contributed by atoms with E-state index in [2.05, 4.69) is 0 Å². The molecule has 0 radical (unpaired) electrons. The maximum atomic E-state index is 8.42. The van der Waals surface area contributed by atoms with Gasteiger partial charge < -0.3 is 84.9 Å². The summed E-state index contributed by atoms with van der Waals surface area (Å²) in [6.07, 6.45) is 0. The second-order valence-corrected chi connectivity index (χ2v) is 0.577. The van der Waals surface area contributed by atoms with E-state index in [9.17, 15) is 0 Å². The van der Waals surface area contributed by atoms with E-state index < -0.39 is 14.6 Å². The van der Waals surface area contributed by atoms with Crippen LogP contribution in [0.5, 0.6) is 0 Å². The molecule has 20 N–H and O–H groups in total. The van der Waals surface area contributed by atoms with Crippen molar-refractivity contribution in [2.45, 2.75) is 0 Å². The molecular formula is H20B2O16Sr3. The summed E-state index contributed by atoms with van der Waals surface area (Å²) in [5.74, 6) is 0. The third kappa shape index (κ3) is 745. The van der Waals surface area contributed by atoms with Gasteiger partial charge in [0, 0.05) is 0 Å². The van der Waals surface area contributed by atoms with Crippen LogP contribution < -0.4 is 30.1 Å². The van der Waals surface area contributed by atoms with Crippen molar-refractivity contribution in [2.24, 2.45) is 0 Å². The fourth-order valence-electron chi connectivity index (χ4n) is 0. The standard InChI is InChI=1S/2BO3.10H2O.3Sr/c2*2-1(3)4;;;;;;;;;;;;;/h;;10*1H2;;;/q2*-3;;;;;;;;;;;3*+2. The van der Waals surface area contributed by atoms with Crippen LogP contribution in [-0.4, -0.2) is 206 Å². The average molecular weight is 561 g/mol. The summed E-state index contributed by atoms with van der Waals surface area (Å²) < 4.78 is 0. The van der Waals surface area contributed by atoms with Gasteiger partial charge in [0.05, 0.1) is 0 Å². The van der Waals surface area contributed by atoms with Gasteiger partial charge in [0.25, 0.3) is 0 Å². The average Bonchev–Trinajstić information content (AvgIpc) is 1.25. The first-order chi connectivity index (χ1) is 3.46. The molecule has 0 aromatic carbocycles. The van der Waals surface area contributed by atoms with E-state index in [4.69, 9.17) is 30.1 Å². The SMILES string of the molecule is O.O.O.O.O.O.O.O.O.O.[O-]B([O-])[O-].[O-]B([O-])[O-].[Sr+2].[Sr+2].[Sr+2]. The summed E-state index contributed by atoms with van der Waals surface area (Å²) in [6, 6.07) is 0. The van der Waals surface area contributed by atoms with Crippen LogP contribution in [0.2, 0.25) is 0 Å². The minimum absolute atomic E-state index is 0. The Balaban J connectivity index is -0.00000000163. The van der Waals surface area contributed by atoms with Gasteiger partial charge in [0.15, 0.2) is 0 Å². The van der Waals surface area contributed by atoms with Crippen LogP contribution in [0.4, 0.5) is 0 Å². The van der Waals surface area contributed by atoms with Crippen molar-refractivity contribution in [1.29, 1.82) is 0 Å². The van der Waals surface area contributed by atoms with Gasteiger partial charge in [-0.3, -0.25) is 14.6 Å². The number of rotatable bonds is 0. The van der Waals surface area contributed by atoms with Crippen LogP contribution in [-0.2, 0) is 0 Å². The van der Waals surface area contributed by atoms with Crippen LogP contribution in [0.25, 0.3) is 0 Å². The third-order valence-electron chi connectivity index (χ3n) is 0.